The number of hydrogen-bond donors (Lipinski definition) is 1. The Morgan fingerprint density at radius 2 is 1.93 bits per heavy atom. The number of fused-ring (bicyclic) bond motifs is 1. The molecule has 0 atom stereocenters. The van der Waals surface area contributed by atoms with Gasteiger partial charge in [0, 0.05) is 18.2 Å². The summed E-state index contributed by atoms with van der Waals surface area (Å²) in [6.45, 7) is 4.70. The van der Waals surface area contributed by atoms with Gasteiger partial charge in [-0.25, -0.2) is 8.42 Å². The lowest BCUT2D eigenvalue weighted by Gasteiger charge is -2.22. The fourth-order valence-electron chi connectivity index (χ4n) is 4.37. The summed E-state index contributed by atoms with van der Waals surface area (Å²) >= 11 is 0. The van der Waals surface area contributed by atoms with Crippen LogP contribution in [0.15, 0.2) is 41.3 Å². The van der Waals surface area contributed by atoms with Gasteiger partial charge in [-0.05, 0) is 68.5 Å². The van der Waals surface area contributed by atoms with E-state index in [1.807, 2.05) is 30.9 Å². The molecule has 0 radical (unpaired) electrons. The third-order valence-electron chi connectivity index (χ3n) is 5.89. The van der Waals surface area contributed by atoms with Crippen LogP contribution in [0.5, 0.6) is 5.75 Å². The van der Waals surface area contributed by atoms with Gasteiger partial charge in [-0.2, -0.15) is 0 Å². The molecule has 1 heterocycles. The van der Waals surface area contributed by atoms with Gasteiger partial charge in [-0.1, -0.05) is 25.0 Å². The SMILES string of the molecule is CCOc1ccc(C)cc1S(=O)(=O)Nc1ccc2c(c1)N(C(=O)C1CCCC1)CC2. The van der Waals surface area contributed by atoms with Gasteiger partial charge >= 0.3 is 0 Å². The van der Waals surface area contributed by atoms with E-state index in [-0.39, 0.29) is 16.7 Å². The van der Waals surface area contributed by atoms with Crippen LogP contribution in [0.1, 0.15) is 43.7 Å². The Morgan fingerprint density at radius 1 is 1.17 bits per heavy atom. The number of sulfonamides is 1. The van der Waals surface area contributed by atoms with Crippen LogP contribution in [0.25, 0.3) is 0 Å². The first kappa shape index (κ1) is 20.7. The number of nitrogens with zero attached hydrogens (tertiary/aromatic N) is 1. The van der Waals surface area contributed by atoms with E-state index in [0.29, 0.717) is 24.6 Å². The Morgan fingerprint density at radius 3 is 2.67 bits per heavy atom. The molecular formula is C23H28N2O4S. The molecule has 6 nitrogen and oxygen atoms in total. The van der Waals surface area contributed by atoms with Crippen LogP contribution in [0.2, 0.25) is 0 Å². The zero-order valence-corrected chi connectivity index (χ0v) is 18.3. The molecule has 1 fully saturated rings. The third kappa shape index (κ3) is 4.03. The molecule has 1 aliphatic heterocycles. The van der Waals surface area contributed by atoms with Gasteiger partial charge in [0.2, 0.25) is 5.91 Å². The zero-order valence-electron chi connectivity index (χ0n) is 17.5. The molecule has 160 valence electrons. The zero-order chi connectivity index (χ0) is 21.3. The van der Waals surface area contributed by atoms with Gasteiger partial charge in [-0.15, -0.1) is 0 Å². The molecule has 1 amide bonds. The van der Waals surface area contributed by atoms with Crippen LogP contribution in [0.3, 0.4) is 0 Å². The number of ether oxygens (including phenoxy) is 1. The topological polar surface area (TPSA) is 75.7 Å². The summed E-state index contributed by atoms with van der Waals surface area (Å²) in [5.74, 6) is 0.593. The molecule has 0 aromatic heterocycles. The Kier molecular flexibility index (Phi) is 5.73. The third-order valence-corrected chi connectivity index (χ3v) is 7.29. The lowest BCUT2D eigenvalue weighted by atomic mass is 10.1. The first-order valence-corrected chi connectivity index (χ1v) is 12.1. The number of amides is 1. The molecule has 2 aliphatic rings. The Labute approximate surface area is 178 Å². The number of carbonyl (C=O) groups excluding carboxylic acids is 1. The summed E-state index contributed by atoms with van der Waals surface area (Å²) in [4.78, 5) is 14.9. The van der Waals surface area contributed by atoms with E-state index in [4.69, 9.17) is 4.74 Å². The van der Waals surface area contributed by atoms with Crippen molar-refractivity contribution in [2.45, 2.75) is 50.8 Å². The number of carbonyl (C=O) groups is 1. The summed E-state index contributed by atoms with van der Waals surface area (Å²) in [5.41, 5.74) is 3.18. The summed E-state index contributed by atoms with van der Waals surface area (Å²) in [6, 6.07) is 10.6. The fraction of sp³-hybridized carbons (Fsp3) is 0.435. The predicted molar refractivity (Wildman–Crippen MR) is 118 cm³/mol. The molecule has 0 spiro atoms. The minimum absolute atomic E-state index is 0.0948. The van der Waals surface area contributed by atoms with Crippen molar-refractivity contribution in [2.24, 2.45) is 5.92 Å². The molecule has 2 aromatic carbocycles. The van der Waals surface area contributed by atoms with Crippen LogP contribution in [0, 0.1) is 12.8 Å². The second kappa shape index (κ2) is 8.30. The van der Waals surface area contributed by atoms with Crippen molar-refractivity contribution in [3.63, 3.8) is 0 Å². The number of nitrogens with one attached hydrogen (secondary N) is 1. The van der Waals surface area contributed by atoms with Crippen LogP contribution in [-0.4, -0.2) is 27.5 Å². The maximum atomic E-state index is 13.1. The van der Waals surface area contributed by atoms with Gasteiger partial charge < -0.3 is 9.64 Å². The summed E-state index contributed by atoms with van der Waals surface area (Å²) in [6.07, 6.45) is 4.91. The number of rotatable bonds is 6. The first-order chi connectivity index (χ1) is 14.4. The molecule has 0 saturated heterocycles. The fourth-order valence-corrected chi connectivity index (χ4v) is 5.66. The lowest BCUT2D eigenvalue weighted by molar-refractivity contribution is -0.122. The Hall–Kier alpha value is -2.54. The summed E-state index contributed by atoms with van der Waals surface area (Å²) in [5, 5.41) is 0. The molecule has 0 bridgehead atoms. The molecule has 7 heteroatoms. The second-order valence-corrected chi connectivity index (χ2v) is 9.70. The highest BCUT2D eigenvalue weighted by molar-refractivity contribution is 7.92. The van der Waals surface area contributed by atoms with Gasteiger partial charge in [0.05, 0.1) is 12.3 Å². The van der Waals surface area contributed by atoms with E-state index >= 15 is 0 Å². The summed E-state index contributed by atoms with van der Waals surface area (Å²) in [7, 11) is -3.84. The van der Waals surface area contributed by atoms with Gasteiger partial charge in [0.15, 0.2) is 0 Å². The molecule has 0 unspecified atom stereocenters. The molecule has 1 aliphatic carbocycles. The maximum Gasteiger partial charge on any atom is 0.265 e. The normalized spacial score (nSPS) is 16.5. The monoisotopic (exact) mass is 428 g/mol. The van der Waals surface area contributed by atoms with E-state index in [1.165, 1.54) is 0 Å². The first-order valence-electron chi connectivity index (χ1n) is 10.6. The van der Waals surface area contributed by atoms with Gasteiger partial charge in [0.25, 0.3) is 10.0 Å². The number of anilines is 2. The standard InChI is InChI=1S/C23H28N2O4S/c1-3-29-21-11-8-16(2)14-22(21)30(27,28)24-19-10-9-17-12-13-25(20(17)15-19)23(26)18-6-4-5-7-18/h8-11,14-15,18,24H,3-7,12-13H2,1-2H3. The van der Waals surface area contributed by atoms with Crippen molar-refractivity contribution in [1.82, 2.24) is 0 Å². The quantitative estimate of drug-likeness (QED) is 0.745. The predicted octanol–water partition coefficient (Wildman–Crippen LogP) is 4.27. The minimum atomic E-state index is -3.84. The van der Waals surface area contributed by atoms with Crippen molar-refractivity contribution >= 4 is 27.3 Å². The minimum Gasteiger partial charge on any atom is -0.492 e. The van der Waals surface area contributed by atoms with E-state index in [2.05, 4.69) is 4.72 Å². The molecule has 1 N–H and O–H groups in total. The van der Waals surface area contributed by atoms with Crippen LogP contribution >= 0.6 is 0 Å². The van der Waals surface area contributed by atoms with E-state index in [9.17, 15) is 13.2 Å². The molecular weight excluding hydrogens is 400 g/mol. The molecule has 2 aromatic rings. The number of benzene rings is 2. The smallest absolute Gasteiger partial charge is 0.265 e. The van der Waals surface area contributed by atoms with Crippen molar-refractivity contribution in [2.75, 3.05) is 22.8 Å². The molecule has 1 saturated carbocycles. The van der Waals surface area contributed by atoms with Crippen molar-refractivity contribution in [3.8, 4) is 5.75 Å². The Bertz CT molecular complexity index is 1060. The van der Waals surface area contributed by atoms with E-state index in [1.54, 1.807) is 24.3 Å². The average molecular weight is 429 g/mol. The number of hydrogen-bond acceptors (Lipinski definition) is 4. The van der Waals surface area contributed by atoms with Crippen LogP contribution in [0.4, 0.5) is 11.4 Å². The average Bonchev–Trinajstić information content (AvgIpc) is 3.38. The molecule has 4 rings (SSSR count). The van der Waals surface area contributed by atoms with E-state index in [0.717, 1.165) is 48.9 Å². The highest BCUT2D eigenvalue weighted by atomic mass is 32.2. The van der Waals surface area contributed by atoms with Crippen molar-refractivity contribution in [1.29, 1.82) is 0 Å². The van der Waals surface area contributed by atoms with Gasteiger partial charge in [0.1, 0.15) is 10.6 Å². The van der Waals surface area contributed by atoms with Crippen molar-refractivity contribution < 1.29 is 17.9 Å². The highest BCUT2D eigenvalue weighted by Gasteiger charge is 2.32. The highest BCUT2D eigenvalue weighted by Crippen LogP contribution is 2.36. The lowest BCUT2D eigenvalue weighted by Crippen LogP contribution is -2.33. The van der Waals surface area contributed by atoms with Crippen LogP contribution < -0.4 is 14.4 Å². The van der Waals surface area contributed by atoms with Crippen LogP contribution in [-0.2, 0) is 21.2 Å². The summed E-state index contributed by atoms with van der Waals surface area (Å²) < 4.78 is 34.4. The maximum absolute atomic E-state index is 13.1. The van der Waals surface area contributed by atoms with Crippen molar-refractivity contribution in [3.05, 3.63) is 47.5 Å². The number of aryl methyl sites for hydroxylation is 1. The second-order valence-electron chi connectivity index (χ2n) is 8.05. The largest absolute Gasteiger partial charge is 0.492 e. The van der Waals surface area contributed by atoms with E-state index < -0.39 is 10.0 Å². The Balaban J connectivity index is 1.61. The molecule has 30 heavy (non-hydrogen) atoms. The van der Waals surface area contributed by atoms with Gasteiger partial charge in [-0.3, -0.25) is 9.52 Å².